The largest absolute Gasteiger partial charge is 0.493 e. The highest BCUT2D eigenvalue weighted by atomic mass is 16.5. The Morgan fingerprint density at radius 2 is 1.56 bits per heavy atom. The van der Waals surface area contributed by atoms with Crippen LogP contribution in [0, 0.1) is 27.7 Å². The molecule has 1 aliphatic rings. The molecule has 0 spiro atoms. The lowest BCUT2D eigenvalue weighted by Gasteiger charge is -2.27. The summed E-state index contributed by atoms with van der Waals surface area (Å²) in [6.07, 6.45) is 1.44. The number of barbiturate groups is 1. The number of methoxy groups -OCH3 is 1. The molecule has 0 atom stereocenters. The molecule has 3 aromatic rings. The van der Waals surface area contributed by atoms with Gasteiger partial charge >= 0.3 is 6.03 Å². The summed E-state index contributed by atoms with van der Waals surface area (Å²) in [5.74, 6) is -0.447. The van der Waals surface area contributed by atoms with Crippen LogP contribution in [-0.2, 0) is 16.2 Å². The highest BCUT2D eigenvalue weighted by Gasteiger charge is 2.37. The Morgan fingerprint density at radius 3 is 2.25 bits per heavy atom. The first-order valence-electron chi connectivity index (χ1n) is 11.5. The lowest BCUT2D eigenvalue weighted by atomic mass is 10.0. The van der Waals surface area contributed by atoms with Gasteiger partial charge in [-0.25, -0.2) is 9.69 Å². The smallest absolute Gasteiger partial charge is 0.335 e. The van der Waals surface area contributed by atoms with E-state index in [1.54, 1.807) is 31.2 Å². The zero-order valence-corrected chi connectivity index (χ0v) is 21.0. The van der Waals surface area contributed by atoms with Crippen molar-refractivity contribution in [3.05, 3.63) is 93.6 Å². The summed E-state index contributed by atoms with van der Waals surface area (Å²) in [6, 6.07) is 16.1. The number of hydrogen-bond donors (Lipinski definition) is 1. The van der Waals surface area contributed by atoms with Crippen LogP contribution < -0.4 is 19.7 Å². The van der Waals surface area contributed by atoms with Gasteiger partial charge in [-0.3, -0.25) is 14.9 Å². The van der Waals surface area contributed by atoms with Crippen molar-refractivity contribution in [2.75, 3.05) is 12.0 Å². The van der Waals surface area contributed by atoms with E-state index in [-0.39, 0.29) is 5.57 Å². The minimum absolute atomic E-state index is 0.151. The quantitative estimate of drug-likeness (QED) is 0.385. The number of amides is 4. The molecule has 0 radical (unpaired) electrons. The molecule has 4 amide bonds. The molecule has 1 aliphatic heterocycles. The van der Waals surface area contributed by atoms with Crippen LogP contribution in [-0.4, -0.2) is 25.0 Å². The molecule has 1 fully saturated rings. The number of nitrogens with one attached hydrogen (secondary N) is 1. The van der Waals surface area contributed by atoms with Crippen molar-refractivity contribution in [3.8, 4) is 11.5 Å². The van der Waals surface area contributed by atoms with E-state index >= 15 is 0 Å². The molecule has 7 heteroatoms. The third-order valence-corrected chi connectivity index (χ3v) is 5.88. The molecule has 0 bridgehead atoms. The molecule has 1 N–H and O–H groups in total. The molecule has 1 saturated heterocycles. The average molecular weight is 485 g/mol. The Kier molecular flexibility index (Phi) is 6.92. The molecule has 4 rings (SSSR count). The van der Waals surface area contributed by atoms with E-state index in [9.17, 15) is 14.4 Å². The van der Waals surface area contributed by atoms with Crippen LogP contribution in [0.25, 0.3) is 6.08 Å². The first kappa shape index (κ1) is 24.7. The lowest BCUT2D eigenvalue weighted by Crippen LogP contribution is -2.54. The summed E-state index contributed by atoms with van der Waals surface area (Å²) < 4.78 is 11.5. The van der Waals surface area contributed by atoms with E-state index in [0.29, 0.717) is 29.4 Å². The summed E-state index contributed by atoms with van der Waals surface area (Å²) >= 11 is 0. The first-order chi connectivity index (χ1) is 17.2. The lowest BCUT2D eigenvalue weighted by molar-refractivity contribution is -0.122. The molecule has 0 aliphatic carbocycles. The second-order valence-electron chi connectivity index (χ2n) is 8.94. The number of benzene rings is 3. The maximum absolute atomic E-state index is 13.3. The number of ether oxygens (including phenoxy) is 2. The van der Waals surface area contributed by atoms with Gasteiger partial charge in [0.15, 0.2) is 11.5 Å². The zero-order chi connectivity index (χ0) is 26.0. The standard InChI is InChI=1S/C29H28N2O5/c1-17-6-7-20(4)24(13-17)31-28(33)23(27(32)30-29(31)34)14-21-8-9-25(26(15-21)35-5)36-16-22-11-18(2)10-19(3)12-22/h6-15H,16H2,1-5H3,(H,30,32,34)/b23-14+. The van der Waals surface area contributed by atoms with Gasteiger partial charge < -0.3 is 9.47 Å². The van der Waals surface area contributed by atoms with Crippen molar-refractivity contribution >= 4 is 29.6 Å². The highest BCUT2D eigenvalue weighted by molar-refractivity contribution is 6.39. The van der Waals surface area contributed by atoms with Gasteiger partial charge in [0.1, 0.15) is 12.2 Å². The summed E-state index contributed by atoms with van der Waals surface area (Å²) in [4.78, 5) is 39.4. The first-order valence-corrected chi connectivity index (χ1v) is 11.5. The van der Waals surface area contributed by atoms with Crippen LogP contribution in [0.3, 0.4) is 0 Å². The number of nitrogens with zero attached hydrogens (tertiary/aromatic N) is 1. The molecule has 184 valence electrons. The molecule has 0 saturated carbocycles. The Balaban J connectivity index is 1.61. The molecule has 1 heterocycles. The molecule has 7 nitrogen and oxygen atoms in total. The number of carbonyl (C=O) groups is 3. The topological polar surface area (TPSA) is 84.9 Å². The van der Waals surface area contributed by atoms with Gasteiger partial charge in [0, 0.05) is 0 Å². The van der Waals surface area contributed by atoms with Gasteiger partial charge in [-0.05, 0) is 74.2 Å². The number of anilines is 1. The van der Waals surface area contributed by atoms with Gasteiger partial charge in [-0.2, -0.15) is 0 Å². The van der Waals surface area contributed by atoms with E-state index in [1.165, 1.54) is 13.2 Å². The fraction of sp³-hybridized carbons (Fsp3) is 0.207. The summed E-state index contributed by atoms with van der Waals surface area (Å²) in [7, 11) is 1.52. The average Bonchev–Trinajstić information content (AvgIpc) is 2.82. The molecule has 0 unspecified atom stereocenters. The molecule has 3 aromatic carbocycles. The fourth-order valence-electron chi connectivity index (χ4n) is 4.21. The van der Waals surface area contributed by atoms with Crippen molar-refractivity contribution in [3.63, 3.8) is 0 Å². The minimum atomic E-state index is -0.774. The van der Waals surface area contributed by atoms with Crippen LogP contribution >= 0.6 is 0 Å². The number of carbonyl (C=O) groups excluding carboxylic acids is 3. The van der Waals surface area contributed by atoms with Crippen LogP contribution in [0.4, 0.5) is 10.5 Å². The van der Waals surface area contributed by atoms with Crippen LogP contribution in [0.1, 0.15) is 33.4 Å². The Morgan fingerprint density at radius 1 is 0.833 bits per heavy atom. The third kappa shape index (κ3) is 5.15. The number of urea groups is 1. The van der Waals surface area contributed by atoms with E-state index in [2.05, 4.69) is 23.5 Å². The monoisotopic (exact) mass is 484 g/mol. The van der Waals surface area contributed by atoms with Gasteiger partial charge in [-0.1, -0.05) is 47.5 Å². The Hall–Kier alpha value is -4.39. The maximum Gasteiger partial charge on any atom is 0.335 e. The molecular weight excluding hydrogens is 456 g/mol. The normalized spacial score (nSPS) is 14.8. The Bertz CT molecular complexity index is 1390. The van der Waals surface area contributed by atoms with E-state index in [4.69, 9.17) is 9.47 Å². The van der Waals surface area contributed by atoms with E-state index in [1.807, 2.05) is 32.9 Å². The van der Waals surface area contributed by atoms with Crippen molar-refractivity contribution < 1.29 is 23.9 Å². The van der Waals surface area contributed by atoms with Crippen LogP contribution in [0.15, 0.2) is 60.2 Å². The number of imide groups is 2. The van der Waals surface area contributed by atoms with E-state index in [0.717, 1.165) is 32.7 Å². The molecule has 36 heavy (non-hydrogen) atoms. The predicted molar refractivity (Wildman–Crippen MR) is 138 cm³/mol. The molecule has 0 aromatic heterocycles. The van der Waals surface area contributed by atoms with Crippen molar-refractivity contribution in [2.45, 2.75) is 34.3 Å². The highest BCUT2D eigenvalue weighted by Crippen LogP contribution is 2.31. The second kappa shape index (κ2) is 10.1. The van der Waals surface area contributed by atoms with Gasteiger partial charge in [0.25, 0.3) is 11.8 Å². The number of aryl methyl sites for hydroxylation is 4. The maximum atomic E-state index is 13.3. The van der Waals surface area contributed by atoms with Crippen molar-refractivity contribution in [2.24, 2.45) is 0 Å². The van der Waals surface area contributed by atoms with Crippen LogP contribution in [0.2, 0.25) is 0 Å². The predicted octanol–water partition coefficient (Wildman–Crippen LogP) is 5.17. The summed E-state index contributed by atoms with van der Waals surface area (Å²) in [6.45, 7) is 8.12. The minimum Gasteiger partial charge on any atom is -0.493 e. The zero-order valence-electron chi connectivity index (χ0n) is 21.0. The van der Waals surface area contributed by atoms with Crippen molar-refractivity contribution in [1.29, 1.82) is 0 Å². The van der Waals surface area contributed by atoms with E-state index < -0.39 is 17.8 Å². The summed E-state index contributed by atoms with van der Waals surface area (Å²) in [5.41, 5.74) is 5.83. The summed E-state index contributed by atoms with van der Waals surface area (Å²) in [5, 5.41) is 2.27. The van der Waals surface area contributed by atoms with Gasteiger partial charge in [-0.15, -0.1) is 0 Å². The second-order valence-corrected chi connectivity index (χ2v) is 8.94. The Labute approximate surface area is 210 Å². The number of rotatable bonds is 6. The van der Waals surface area contributed by atoms with Gasteiger partial charge in [0.05, 0.1) is 12.8 Å². The van der Waals surface area contributed by atoms with Gasteiger partial charge in [0.2, 0.25) is 0 Å². The number of hydrogen-bond acceptors (Lipinski definition) is 5. The SMILES string of the molecule is COc1cc(/C=C2\C(=O)NC(=O)N(c3cc(C)ccc3C)C2=O)ccc1OCc1cc(C)cc(C)c1. The fourth-order valence-corrected chi connectivity index (χ4v) is 4.21. The van der Waals surface area contributed by atoms with Crippen LogP contribution in [0.5, 0.6) is 11.5 Å². The molecular formula is C29H28N2O5. The van der Waals surface area contributed by atoms with Crippen molar-refractivity contribution in [1.82, 2.24) is 5.32 Å². The third-order valence-electron chi connectivity index (χ3n) is 5.88.